The van der Waals surface area contributed by atoms with Gasteiger partial charge in [-0.3, -0.25) is 9.59 Å². The summed E-state index contributed by atoms with van der Waals surface area (Å²) in [6, 6.07) is 10.2. The van der Waals surface area contributed by atoms with Crippen LogP contribution in [0.5, 0.6) is 5.75 Å². The highest BCUT2D eigenvalue weighted by molar-refractivity contribution is 6.42. The second kappa shape index (κ2) is 10.1. The Morgan fingerprint density at radius 1 is 1.07 bits per heavy atom. The monoisotopic (exact) mass is 435 g/mol. The zero-order valence-electron chi connectivity index (χ0n) is 16.2. The number of carbonyl (C=O) groups is 2. The van der Waals surface area contributed by atoms with Crippen LogP contribution >= 0.6 is 23.2 Å². The summed E-state index contributed by atoms with van der Waals surface area (Å²) in [7, 11) is 1.59. The molecule has 0 heterocycles. The number of methoxy groups -OCH3 is 1. The van der Waals surface area contributed by atoms with E-state index in [9.17, 15) is 9.59 Å². The Labute approximate surface area is 180 Å². The Kier molecular flexibility index (Phi) is 7.53. The zero-order valence-corrected chi connectivity index (χ0v) is 17.7. The molecule has 0 bridgehead atoms. The van der Waals surface area contributed by atoms with Crippen LogP contribution in [0.1, 0.15) is 35.2 Å². The number of ketones is 1. The lowest BCUT2D eigenvalue weighted by molar-refractivity contribution is -0.116. The lowest BCUT2D eigenvalue weighted by Crippen LogP contribution is -2.15. The molecule has 2 aromatic carbocycles. The summed E-state index contributed by atoms with van der Waals surface area (Å²) in [5.74, 6) is 0.812. The molecule has 0 atom stereocenters. The number of hydrogen-bond donors (Lipinski definition) is 1. The number of amides is 1. The molecule has 1 aliphatic carbocycles. The average molecular weight is 436 g/mol. The Bertz CT molecular complexity index is 896. The number of ether oxygens (including phenoxy) is 2. The molecule has 0 saturated heterocycles. The molecular formula is C22H23Cl2NO4. The van der Waals surface area contributed by atoms with E-state index in [0.29, 0.717) is 52.6 Å². The Hall–Kier alpha value is -2.08. The van der Waals surface area contributed by atoms with E-state index >= 15 is 0 Å². The third-order valence-corrected chi connectivity index (χ3v) is 5.38. The number of anilines is 1. The summed E-state index contributed by atoms with van der Waals surface area (Å²) >= 11 is 12.0. The van der Waals surface area contributed by atoms with Gasteiger partial charge < -0.3 is 14.8 Å². The molecule has 1 aliphatic rings. The molecule has 1 N–H and O–H groups in total. The van der Waals surface area contributed by atoms with Gasteiger partial charge in [0.05, 0.1) is 22.3 Å². The van der Waals surface area contributed by atoms with Crippen LogP contribution in [-0.2, 0) is 16.0 Å². The van der Waals surface area contributed by atoms with E-state index in [4.69, 9.17) is 32.7 Å². The minimum atomic E-state index is -0.0930. The third kappa shape index (κ3) is 6.46. The van der Waals surface area contributed by atoms with Gasteiger partial charge in [0, 0.05) is 25.5 Å². The van der Waals surface area contributed by atoms with Gasteiger partial charge in [0.15, 0.2) is 5.78 Å². The molecule has 29 heavy (non-hydrogen) atoms. The smallest absolute Gasteiger partial charge is 0.224 e. The van der Waals surface area contributed by atoms with E-state index < -0.39 is 0 Å². The topological polar surface area (TPSA) is 64.6 Å². The minimum absolute atomic E-state index is 0.0711. The van der Waals surface area contributed by atoms with Gasteiger partial charge in [-0.05, 0) is 54.7 Å². The van der Waals surface area contributed by atoms with Crippen LogP contribution in [0.25, 0.3) is 0 Å². The van der Waals surface area contributed by atoms with E-state index in [0.717, 1.165) is 18.4 Å². The number of Topliss-reactive ketones (excluding diaryl/α,β-unsaturated/α-hetero) is 1. The average Bonchev–Trinajstić information content (AvgIpc) is 3.49. The number of hydrogen-bond acceptors (Lipinski definition) is 4. The van der Waals surface area contributed by atoms with Crippen molar-refractivity contribution in [2.24, 2.45) is 5.92 Å². The van der Waals surface area contributed by atoms with Crippen molar-refractivity contribution < 1.29 is 19.1 Å². The number of rotatable bonds is 10. The standard InChI is InChI=1S/C22H23Cl2NO4/c1-28-8-9-29-21-7-5-16(13-19(21)25-22(27)12-14-2-3-14)20(26)11-15-4-6-17(23)18(24)10-15/h4-7,10,13-14H,2-3,8-9,11-12H2,1H3,(H,25,27). The molecule has 1 fully saturated rings. The van der Waals surface area contributed by atoms with Crippen molar-refractivity contribution >= 4 is 40.6 Å². The molecule has 0 radical (unpaired) electrons. The van der Waals surface area contributed by atoms with Crippen LogP contribution in [-0.4, -0.2) is 32.0 Å². The second-order valence-corrected chi connectivity index (χ2v) is 7.91. The van der Waals surface area contributed by atoms with E-state index in [1.807, 2.05) is 0 Å². The van der Waals surface area contributed by atoms with Gasteiger partial charge in [-0.25, -0.2) is 0 Å². The van der Waals surface area contributed by atoms with Gasteiger partial charge >= 0.3 is 0 Å². The molecule has 1 amide bonds. The second-order valence-electron chi connectivity index (χ2n) is 7.10. The summed E-state index contributed by atoms with van der Waals surface area (Å²) in [6.45, 7) is 0.770. The maximum atomic E-state index is 12.8. The van der Waals surface area contributed by atoms with Gasteiger partial charge in [-0.15, -0.1) is 0 Å². The fourth-order valence-electron chi connectivity index (χ4n) is 2.88. The molecule has 7 heteroatoms. The molecular weight excluding hydrogens is 413 g/mol. The predicted octanol–water partition coefficient (Wildman–Crippen LogP) is 5.18. The molecule has 1 saturated carbocycles. The van der Waals surface area contributed by atoms with Gasteiger partial charge in [0.25, 0.3) is 0 Å². The minimum Gasteiger partial charge on any atom is -0.489 e. The summed E-state index contributed by atoms with van der Waals surface area (Å²) < 4.78 is 10.7. The lowest BCUT2D eigenvalue weighted by Gasteiger charge is -2.14. The third-order valence-electron chi connectivity index (χ3n) is 4.64. The first kappa shape index (κ1) is 21.6. The largest absolute Gasteiger partial charge is 0.489 e. The van der Waals surface area contributed by atoms with Crippen LogP contribution in [0.2, 0.25) is 10.0 Å². The van der Waals surface area contributed by atoms with Crippen molar-refractivity contribution in [2.45, 2.75) is 25.7 Å². The first-order chi connectivity index (χ1) is 14.0. The Balaban J connectivity index is 1.75. The first-order valence-corrected chi connectivity index (χ1v) is 10.2. The SMILES string of the molecule is COCCOc1ccc(C(=O)Cc2ccc(Cl)c(Cl)c2)cc1NC(=O)CC1CC1. The van der Waals surface area contributed by atoms with Crippen LogP contribution in [0.15, 0.2) is 36.4 Å². The van der Waals surface area contributed by atoms with Crippen molar-refractivity contribution in [1.29, 1.82) is 0 Å². The van der Waals surface area contributed by atoms with E-state index in [1.54, 1.807) is 43.5 Å². The Morgan fingerprint density at radius 2 is 1.86 bits per heavy atom. The van der Waals surface area contributed by atoms with E-state index in [-0.39, 0.29) is 18.1 Å². The number of halogens is 2. The Morgan fingerprint density at radius 3 is 2.55 bits per heavy atom. The molecule has 0 aromatic heterocycles. The first-order valence-electron chi connectivity index (χ1n) is 9.49. The highest BCUT2D eigenvalue weighted by Crippen LogP contribution is 2.33. The highest BCUT2D eigenvalue weighted by Gasteiger charge is 2.25. The predicted molar refractivity (Wildman–Crippen MR) is 114 cm³/mol. The van der Waals surface area contributed by atoms with E-state index in [1.165, 1.54) is 0 Å². The fourth-order valence-corrected chi connectivity index (χ4v) is 3.21. The van der Waals surface area contributed by atoms with Crippen molar-refractivity contribution in [3.05, 3.63) is 57.6 Å². The quantitative estimate of drug-likeness (QED) is 0.412. The molecule has 5 nitrogen and oxygen atoms in total. The molecule has 154 valence electrons. The number of carbonyl (C=O) groups excluding carboxylic acids is 2. The summed E-state index contributed by atoms with van der Waals surface area (Å²) in [5, 5.41) is 3.74. The van der Waals surface area contributed by atoms with Gasteiger partial charge in [0.1, 0.15) is 12.4 Å². The summed E-state index contributed by atoms with van der Waals surface area (Å²) in [4.78, 5) is 25.0. The molecule has 0 aliphatic heterocycles. The van der Waals surface area contributed by atoms with Crippen molar-refractivity contribution in [3.63, 3.8) is 0 Å². The van der Waals surface area contributed by atoms with Crippen LogP contribution in [0, 0.1) is 5.92 Å². The summed E-state index contributed by atoms with van der Waals surface area (Å²) in [5.41, 5.74) is 1.74. The number of benzene rings is 2. The maximum absolute atomic E-state index is 12.8. The molecule has 0 unspecified atom stereocenters. The van der Waals surface area contributed by atoms with Gasteiger partial charge in [0.2, 0.25) is 5.91 Å². The summed E-state index contributed by atoms with van der Waals surface area (Å²) in [6.07, 6.45) is 2.84. The molecule has 3 rings (SSSR count). The maximum Gasteiger partial charge on any atom is 0.224 e. The van der Waals surface area contributed by atoms with Gasteiger partial charge in [-0.1, -0.05) is 29.3 Å². The van der Waals surface area contributed by atoms with Crippen LogP contribution < -0.4 is 10.1 Å². The lowest BCUT2D eigenvalue weighted by atomic mass is 10.0. The van der Waals surface area contributed by atoms with E-state index in [2.05, 4.69) is 5.32 Å². The highest BCUT2D eigenvalue weighted by atomic mass is 35.5. The zero-order chi connectivity index (χ0) is 20.8. The number of nitrogens with one attached hydrogen (secondary N) is 1. The fraction of sp³-hybridized carbons (Fsp3) is 0.364. The van der Waals surface area contributed by atoms with Crippen LogP contribution in [0.4, 0.5) is 5.69 Å². The molecule has 0 spiro atoms. The van der Waals surface area contributed by atoms with Crippen LogP contribution in [0.3, 0.4) is 0 Å². The van der Waals surface area contributed by atoms with Crippen molar-refractivity contribution in [1.82, 2.24) is 0 Å². The van der Waals surface area contributed by atoms with Gasteiger partial charge in [-0.2, -0.15) is 0 Å². The van der Waals surface area contributed by atoms with Crippen molar-refractivity contribution in [2.75, 3.05) is 25.6 Å². The normalized spacial score (nSPS) is 13.2. The molecule has 2 aromatic rings. The van der Waals surface area contributed by atoms with Crippen molar-refractivity contribution in [3.8, 4) is 5.75 Å².